The molecule has 33 heavy (non-hydrogen) atoms. The Labute approximate surface area is 200 Å². The number of urea groups is 1. The summed E-state index contributed by atoms with van der Waals surface area (Å²) >= 11 is 6.08. The number of piperazine rings is 2. The van der Waals surface area contributed by atoms with Crippen LogP contribution < -0.4 is 10.2 Å². The fourth-order valence-electron chi connectivity index (χ4n) is 3.99. The first-order chi connectivity index (χ1) is 15.8. The number of nitrogens with zero attached hydrogens (tertiary/aromatic N) is 5. The van der Waals surface area contributed by atoms with Gasteiger partial charge in [0.25, 0.3) is 0 Å². The molecule has 178 valence electrons. The first-order valence-corrected chi connectivity index (χ1v) is 12.8. The van der Waals surface area contributed by atoms with E-state index in [1.165, 1.54) is 10.4 Å². The van der Waals surface area contributed by atoms with Gasteiger partial charge in [0.2, 0.25) is 10.0 Å². The SMILES string of the molecule is CN1CCN(c2cc(CNC(=O)N3CCN(S(=O)(=O)c4ccccc4Cl)CC3)ccn2)CC1. The Morgan fingerprint density at radius 2 is 1.73 bits per heavy atom. The standard InChI is InChI=1S/C22H29ClN6O3S/c1-26-8-10-27(11-9-26)21-16-18(6-7-24-21)17-25-22(30)28-12-14-29(15-13-28)33(31,32)20-5-3-2-4-19(20)23/h2-7,16H,8-15,17H2,1H3,(H,25,30). The average Bonchev–Trinajstić information content (AvgIpc) is 2.83. The van der Waals surface area contributed by atoms with Crippen LogP contribution in [0.4, 0.5) is 10.6 Å². The lowest BCUT2D eigenvalue weighted by Gasteiger charge is -2.34. The van der Waals surface area contributed by atoms with Gasteiger partial charge in [0, 0.05) is 65.1 Å². The summed E-state index contributed by atoms with van der Waals surface area (Å²) in [6.45, 7) is 5.34. The second-order valence-electron chi connectivity index (χ2n) is 8.29. The Morgan fingerprint density at radius 3 is 2.42 bits per heavy atom. The van der Waals surface area contributed by atoms with Crippen LogP contribution in [0.1, 0.15) is 5.56 Å². The zero-order valence-electron chi connectivity index (χ0n) is 18.7. The van der Waals surface area contributed by atoms with Crippen molar-refractivity contribution in [3.8, 4) is 0 Å². The third kappa shape index (κ3) is 5.57. The van der Waals surface area contributed by atoms with Gasteiger partial charge in [-0.15, -0.1) is 0 Å². The number of nitrogens with one attached hydrogen (secondary N) is 1. The molecule has 0 atom stereocenters. The molecule has 4 rings (SSSR count). The Balaban J connectivity index is 1.29. The van der Waals surface area contributed by atoms with Crippen molar-refractivity contribution in [3.05, 3.63) is 53.2 Å². The molecule has 1 aromatic heterocycles. The number of hydrogen-bond donors (Lipinski definition) is 1. The summed E-state index contributed by atoms with van der Waals surface area (Å²) in [4.78, 5) is 23.4. The molecule has 1 N–H and O–H groups in total. The van der Waals surface area contributed by atoms with Crippen LogP contribution in [0, 0.1) is 0 Å². The monoisotopic (exact) mass is 492 g/mol. The highest BCUT2D eigenvalue weighted by molar-refractivity contribution is 7.89. The maximum absolute atomic E-state index is 12.9. The zero-order valence-corrected chi connectivity index (χ0v) is 20.2. The lowest BCUT2D eigenvalue weighted by atomic mass is 10.2. The smallest absolute Gasteiger partial charge is 0.317 e. The van der Waals surface area contributed by atoms with E-state index in [-0.39, 0.29) is 29.0 Å². The normalized spacial score (nSPS) is 18.4. The Morgan fingerprint density at radius 1 is 1.03 bits per heavy atom. The van der Waals surface area contributed by atoms with Gasteiger partial charge in [-0.25, -0.2) is 18.2 Å². The fraction of sp³-hybridized carbons (Fsp3) is 0.455. The largest absolute Gasteiger partial charge is 0.354 e. The maximum Gasteiger partial charge on any atom is 0.317 e. The third-order valence-corrected chi connectivity index (χ3v) is 8.46. The van der Waals surface area contributed by atoms with E-state index < -0.39 is 10.0 Å². The average molecular weight is 493 g/mol. The van der Waals surface area contributed by atoms with Gasteiger partial charge in [-0.1, -0.05) is 23.7 Å². The van der Waals surface area contributed by atoms with Gasteiger partial charge in [-0.2, -0.15) is 4.31 Å². The molecule has 0 radical (unpaired) electrons. The van der Waals surface area contributed by atoms with Gasteiger partial charge in [0.15, 0.2) is 0 Å². The van der Waals surface area contributed by atoms with E-state index in [1.54, 1.807) is 29.3 Å². The van der Waals surface area contributed by atoms with Crippen molar-refractivity contribution in [1.29, 1.82) is 0 Å². The number of likely N-dealkylation sites (N-methyl/N-ethyl adjacent to an activating group) is 1. The molecule has 0 saturated carbocycles. The molecule has 2 fully saturated rings. The van der Waals surface area contributed by atoms with Gasteiger partial charge >= 0.3 is 6.03 Å². The predicted molar refractivity (Wildman–Crippen MR) is 128 cm³/mol. The van der Waals surface area contributed by atoms with Gasteiger partial charge in [-0.05, 0) is 36.9 Å². The number of halogens is 1. The summed E-state index contributed by atoms with van der Waals surface area (Å²) in [5.74, 6) is 0.924. The summed E-state index contributed by atoms with van der Waals surface area (Å²) in [5, 5.41) is 3.14. The highest BCUT2D eigenvalue weighted by Crippen LogP contribution is 2.25. The van der Waals surface area contributed by atoms with Crippen molar-refractivity contribution >= 4 is 33.5 Å². The lowest BCUT2D eigenvalue weighted by Crippen LogP contribution is -2.53. The second kappa shape index (κ2) is 10.3. The number of carbonyl (C=O) groups excluding carboxylic acids is 1. The molecule has 2 aliphatic rings. The van der Waals surface area contributed by atoms with Crippen molar-refractivity contribution in [2.75, 3.05) is 64.3 Å². The zero-order chi connectivity index (χ0) is 23.4. The summed E-state index contributed by atoms with van der Waals surface area (Å²) in [6.07, 6.45) is 1.77. The number of carbonyl (C=O) groups is 1. The van der Waals surface area contributed by atoms with Crippen molar-refractivity contribution in [3.63, 3.8) is 0 Å². The molecule has 2 aliphatic heterocycles. The van der Waals surface area contributed by atoms with Crippen LogP contribution in [-0.2, 0) is 16.6 Å². The van der Waals surface area contributed by atoms with E-state index in [2.05, 4.69) is 27.1 Å². The van der Waals surface area contributed by atoms with E-state index in [1.807, 2.05) is 12.1 Å². The molecule has 0 aliphatic carbocycles. The van der Waals surface area contributed by atoms with E-state index in [4.69, 9.17) is 11.6 Å². The molecule has 11 heteroatoms. The molecule has 2 saturated heterocycles. The van der Waals surface area contributed by atoms with Crippen molar-refractivity contribution in [2.24, 2.45) is 0 Å². The quantitative estimate of drug-likeness (QED) is 0.683. The second-order valence-corrected chi connectivity index (χ2v) is 10.6. The highest BCUT2D eigenvalue weighted by Gasteiger charge is 2.31. The summed E-state index contributed by atoms with van der Waals surface area (Å²) in [7, 11) is -1.57. The number of aromatic nitrogens is 1. The van der Waals surface area contributed by atoms with Crippen LogP contribution in [-0.4, -0.2) is 92.9 Å². The van der Waals surface area contributed by atoms with E-state index in [9.17, 15) is 13.2 Å². The van der Waals surface area contributed by atoms with Crippen LogP contribution in [0.25, 0.3) is 0 Å². The van der Waals surface area contributed by atoms with Gasteiger partial charge in [0.05, 0.1) is 5.02 Å². The molecule has 2 amide bonds. The number of rotatable bonds is 5. The summed E-state index contributed by atoms with van der Waals surface area (Å²) in [6, 6.07) is 10.1. The molecular weight excluding hydrogens is 464 g/mol. The molecule has 3 heterocycles. The third-order valence-electron chi connectivity index (χ3n) is 6.06. The molecule has 0 unspecified atom stereocenters. The van der Waals surface area contributed by atoms with Crippen LogP contribution in [0.5, 0.6) is 0 Å². The van der Waals surface area contributed by atoms with Crippen LogP contribution >= 0.6 is 11.6 Å². The molecule has 0 spiro atoms. The van der Waals surface area contributed by atoms with Crippen molar-refractivity contribution in [1.82, 2.24) is 24.4 Å². The number of amides is 2. The van der Waals surface area contributed by atoms with Crippen LogP contribution in [0.15, 0.2) is 47.5 Å². The van der Waals surface area contributed by atoms with E-state index in [0.29, 0.717) is 19.6 Å². The summed E-state index contributed by atoms with van der Waals surface area (Å²) in [5.41, 5.74) is 0.979. The highest BCUT2D eigenvalue weighted by atomic mass is 35.5. The Kier molecular flexibility index (Phi) is 7.38. The minimum absolute atomic E-state index is 0.0957. The number of hydrogen-bond acceptors (Lipinski definition) is 6. The topological polar surface area (TPSA) is 89.1 Å². The number of sulfonamides is 1. The number of benzene rings is 1. The molecule has 1 aromatic carbocycles. The predicted octanol–water partition coefficient (Wildman–Crippen LogP) is 1.70. The van der Waals surface area contributed by atoms with Gasteiger partial charge in [0.1, 0.15) is 10.7 Å². The minimum atomic E-state index is -3.69. The molecular formula is C22H29ClN6O3S. The van der Waals surface area contributed by atoms with E-state index >= 15 is 0 Å². The molecule has 0 bridgehead atoms. The van der Waals surface area contributed by atoms with Crippen molar-refractivity contribution < 1.29 is 13.2 Å². The molecule has 9 nitrogen and oxygen atoms in total. The number of pyridine rings is 1. The van der Waals surface area contributed by atoms with Crippen LogP contribution in [0.2, 0.25) is 5.02 Å². The fourth-order valence-corrected chi connectivity index (χ4v) is 5.91. The van der Waals surface area contributed by atoms with Crippen LogP contribution in [0.3, 0.4) is 0 Å². The van der Waals surface area contributed by atoms with Gasteiger partial charge < -0.3 is 20.0 Å². The van der Waals surface area contributed by atoms with Crippen molar-refractivity contribution in [2.45, 2.75) is 11.4 Å². The first kappa shape index (κ1) is 23.7. The summed E-state index contributed by atoms with van der Waals surface area (Å²) < 4.78 is 27.1. The Hall–Kier alpha value is -2.40. The maximum atomic E-state index is 12.9. The lowest BCUT2D eigenvalue weighted by molar-refractivity contribution is 0.172. The van der Waals surface area contributed by atoms with E-state index in [0.717, 1.165) is 37.6 Å². The minimum Gasteiger partial charge on any atom is -0.354 e. The number of anilines is 1. The Bertz CT molecular complexity index is 1080. The molecule has 2 aromatic rings. The van der Waals surface area contributed by atoms with Gasteiger partial charge in [-0.3, -0.25) is 0 Å². The first-order valence-electron chi connectivity index (χ1n) is 11.0.